The van der Waals surface area contributed by atoms with Crippen LogP contribution in [0.15, 0.2) is 54.6 Å². The zero-order valence-corrected chi connectivity index (χ0v) is 13.9. The quantitative estimate of drug-likeness (QED) is 0.812. The molecule has 2 aromatic rings. The first-order valence-electron chi connectivity index (χ1n) is 6.64. The Morgan fingerprint density at radius 1 is 1.09 bits per heavy atom. The Morgan fingerprint density at radius 3 is 2.39 bits per heavy atom. The maximum atomic E-state index is 11.8. The van der Waals surface area contributed by atoms with Crippen molar-refractivity contribution >= 4 is 45.0 Å². The summed E-state index contributed by atoms with van der Waals surface area (Å²) in [5, 5.41) is 3.24. The predicted octanol–water partition coefficient (Wildman–Crippen LogP) is 3.36. The van der Waals surface area contributed by atoms with Gasteiger partial charge in [-0.3, -0.25) is 9.52 Å². The fourth-order valence-electron chi connectivity index (χ4n) is 1.80. The molecule has 0 atom stereocenters. The Morgan fingerprint density at radius 2 is 1.78 bits per heavy atom. The van der Waals surface area contributed by atoms with Crippen molar-refractivity contribution in [2.45, 2.75) is 0 Å². The molecule has 2 rings (SSSR count). The molecular formula is C16H15ClN2O3S. The van der Waals surface area contributed by atoms with Gasteiger partial charge in [0.25, 0.3) is 0 Å². The summed E-state index contributed by atoms with van der Waals surface area (Å²) in [5.41, 5.74) is 1.85. The van der Waals surface area contributed by atoms with Crippen molar-refractivity contribution < 1.29 is 13.2 Å². The summed E-state index contributed by atoms with van der Waals surface area (Å²) in [6.07, 6.45) is 4.10. The summed E-state index contributed by atoms with van der Waals surface area (Å²) < 4.78 is 24.6. The molecule has 0 fully saturated rings. The average Bonchev–Trinajstić information content (AvgIpc) is 2.45. The molecule has 7 heteroatoms. The highest BCUT2D eigenvalue weighted by Gasteiger charge is 2.01. The van der Waals surface area contributed by atoms with Crippen LogP contribution in [0.4, 0.5) is 11.4 Å². The molecule has 0 radical (unpaired) electrons. The van der Waals surface area contributed by atoms with Crippen molar-refractivity contribution in [1.82, 2.24) is 0 Å². The SMILES string of the molecule is CS(=O)(=O)Nc1ccc(/C=C/C(=O)Nc2cccc(Cl)c2)cc1. The van der Waals surface area contributed by atoms with Crippen LogP contribution in [-0.2, 0) is 14.8 Å². The summed E-state index contributed by atoms with van der Waals surface area (Å²) >= 11 is 5.84. The summed E-state index contributed by atoms with van der Waals surface area (Å²) in [7, 11) is -3.30. The van der Waals surface area contributed by atoms with E-state index >= 15 is 0 Å². The molecule has 0 aliphatic rings. The molecule has 5 nitrogen and oxygen atoms in total. The van der Waals surface area contributed by atoms with E-state index in [9.17, 15) is 13.2 Å². The van der Waals surface area contributed by atoms with Crippen LogP contribution in [0.5, 0.6) is 0 Å². The van der Waals surface area contributed by atoms with E-state index in [2.05, 4.69) is 10.0 Å². The number of hydrogen-bond donors (Lipinski definition) is 2. The lowest BCUT2D eigenvalue weighted by Crippen LogP contribution is -2.09. The van der Waals surface area contributed by atoms with Crippen LogP contribution in [0, 0.1) is 0 Å². The molecule has 120 valence electrons. The highest BCUT2D eigenvalue weighted by molar-refractivity contribution is 7.92. The number of benzene rings is 2. The summed E-state index contributed by atoms with van der Waals surface area (Å²) in [4.78, 5) is 11.8. The summed E-state index contributed by atoms with van der Waals surface area (Å²) in [5.74, 6) is -0.286. The molecule has 2 aromatic carbocycles. The van der Waals surface area contributed by atoms with Crippen molar-refractivity contribution in [2.75, 3.05) is 16.3 Å². The number of anilines is 2. The molecule has 0 aliphatic carbocycles. The van der Waals surface area contributed by atoms with E-state index in [1.54, 1.807) is 54.6 Å². The maximum Gasteiger partial charge on any atom is 0.248 e. The minimum absolute atomic E-state index is 0.286. The largest absolute Gasteiger partial charge is 0.322 e. The molecular weight excluding hydrogens is 336 g/mol. The second-order valence-electron chi connectivity index (χ2n) is 4.83. The molecule has 1 amide bonds. The number of rotatable bonds is 5. The van der Waals surface area contributed by atoms with E-state index in [1.165, 1.54) is 6.08 Å². The van der Waals surface area contributed by atoms with Gasteiger partial charge in [0, 0.05) is 22.5 Å². The van der Waals surface area contributed by atoms with Crippen molar-refractivity contribution in [2.24, 2.45) is 0 Å². The van der Waals surface area contributed by atoms with Crippen LogP contribution < -0.4 is 10.0 Å². The number of sulfonamides is 1. The molecule has 0 heterocycles. The molecule has 0 bridgehead atoms. The van der Waals surface area contributed by atoms with Crippen molar-refractivity contribution in [1.29, 1.82) is 0 Å². The fraction of sp³-hybridized carbons (Fsp3) is 0.0625. The summed E-state index contributed by atoms with van der Waals surface area (Å²) in [6, 6.07) is 13.5. The van der Waals surface area contributed by atoms with E-state index < -0.39 is 10.0 Å². The lowest BCUT2D eigenvalue weighted by molar-refractivity contribution is -0.111. The normalized spacial score (nSPS) is 11.4. The van der Waals surface area contributed by atoms with Crippen molar-refractivity contribution in [3.8, 4) is 0 Å². The number of carbonyl (C=O) groups is 1. The predicted molar refractivity (Wildman–Crippen MR) is 94.0 cm³/mol. The fourth-order valence-corrected chi connectivity index (χ4v) is 2.55. The monoisotopic (exact) mass is 350 g/mol. The first-order chi connectivity index (χ1) is 10.8. The van der Waals surface area contributed by atoms with E-state index in [0.717, 1.165) is 11.8 Å². The first kappa shape index (κ1) is 17.1. The Hall–Kier alpha value is -2.31. The minimum atomic E-state index is -3.30. The van der Waals surface area contributed by atoms with E-state index in [0.29, 0.717) is 16.4 Å². The van der Waals surface area contributed by atoms with Gasteiger partial charge in [-0.05, 0) is 42.0 Å². The number of nitrogens with one attached hydrogen (secondary N) is 2. The number of hydrogen-bond acceptors (Lipinski definition) is 3. The number of halogens is 1. The molecule has 2 N–H and O–H groups in total. The van der Waals surface area contributed by atoms with Crippen LogP contribution in [0.1, 0.15) is 5.56 Å². The Labute approximate surface area is 140 Å². The van der Waals surface area contributed by atoms with Gasteiger partial charge >= 0.3 is 0 Å². The van der Waals surface area contributed by atoms with Gasteiger partial charge < -0.3 is 5.32 Å². The Kier molecular flexibility index (Phi) is 5.41. The van der Waals surface area contributed by atoms with Gasteiger partial charge in [-0.15, -0.1) is 0 Å². The lowest BCUT2D eigenvalue weighted by Gasteiger charge is -2.04. The average molecular weight is 351 g/mol. The lowest BCUT2D eigenvalue weighted by atomic mass is 10.2. The van der Waals surface area contributed by atoms with Crippen LogP contribution in [0.25, 0.3) is 6.08 Å². The van der Waals surface area contributed by atoms with Crippen LogP contribution in [0.3, 0.4) is 0 Å². The van der Waals surface area contributed by atoms with E-state index in [4.69, 9.17) is 11.6 Å². The van der Waals surface area contributed by atoms with Crippen LogP contribution >= 0.6 is 11.6 Å². The maximum absolute atomic E-state index is 11.8. The molecule has 0 saturated heterocycles. The zero-order chi connectivity index (χ0) is 16.9. The summed E-state index contributed by atoms with van der Waals surface area (Å²) in [6.45, 7) is 0. The molecule has 0 aliphatic heterocycles. The van der Waals surface area contributed by atoms with Gasteiger partial charge in [-0.1, -0.05) is 29.8 Å². The van der Waals surface area contributed by atoms with Gasteiger partial charge in [-0.25, -0.2) is 8.42 Å². The number of carbonyl (C=O) groups excluding carboxylic acids is 1. The Balaban J connectivity index is 1.98. The van der Waals surface area contributed by atoms with Gasteiger partial charge in [0.15, 0.2) is 0 Å². The standard InChI is InChI=1S/C16H15ClN2O3S/c1-23(21,22)19-14-8-5-12(6-9-14)7-10-16(20)18-15-4-2-3-13(17)11-15/h2-11,19H,1H3,(H,18,20)/b10-7+. The number of amides is 1. The highest BCUT2D eigenvalue weighted by Crippen LogP contribution is 2.15. The molecule has 0 spiro atoms. The molecule has 0 aromatic heterocycles. The molecule has 23 heavy (non-hydrogen) atoms. The van der Waals surface area contributed by atoms with E-state index in [-0.39, 0.29) is 5.91 Å². The highest BCUT2D eigenvalue weighted by atomic mass is 35.5. The van der Waals surface area contributed by atoms with Gasteiger partial charge in [0.05, 0.1) is 6.26 Å². The first-order valence-corrected chi connectivity index (χ1v) is 8.91. The molecule has 0 saturated carbocycles. The Bertz CT molecular complexity index is 831. The third kappa shape index (κ3) is 6.14. The van der Waals surface area contributed by atoms with Gasteiger partial charge in [0.1, 0.15) is 0 Å². The second-order valence-corrected chi connectivity index (χ2v) is 7.01. The van der Waals surface area contributed by atoms with E-state index in [1.807, 2.05) is 0 Å². The molecule has 0 unspecified atom stereocenters. The second kappa shape index (κ2) is 7.30. The van der Waals surface area contributed by atoms with Crippen molar-refractivity contribution in [3.05, 3.63) is 65.2 Å². The zero-order valence-electron chi connectivity index (χ0n) is 12.3. The van der Waals surface area contributed by atoms with Crippen LogP contribution in [-0.4, -0.2) is 20.6 Å². The van der Waals surface area contributed by atoms with Gasteiger partial charge in [-0.2, -0.15) is 0 Å². The van der Waals surface area contributed by atoms with Crippen molar-refractivity contribution in [3.63, 3.8) is 0 Å². The van der Waals surface area contributed by atoms with Gasteiger partial charge in [0.2, 0.25) is 15.9 Å². The van der Waals surface area contributed by atoms with Crippen LogP contribution in [0.2, 0.25) is 5.02 Å². The third-order valence-electron chi connectivity index (χ3n) is 2.73. The minimum Gasteiger partial charge on any atom is -0.322 e. The third-order valence-corrected chi connectivity index (χ3v) is 3.57. The smallest absolute Gasteiger partial charge is 0.248 e. The topological polar surface area (TPSA) is 75.3 Å².